The molecular formula is C31H25BrFNO4. The van der Waals surface area contributed by atoms with Crippen LogP contribution in [0.3, 0.4) is 0 Å². The fraction of sp³-hybridized carbons (Fsp3) is 0.129. The molecule has 0 aromatic heterocycles. The Morgan fingerprint density at radius 3 is 1.58 bits per heavy atom. The van der Waals surface area contributed by atoms with Gasteiger partial charge in [-0.1, -0.05) is 101 Å². The van der Waals surface area contributed by atoms with E-state index in [0.29, 0.717) is 11.8 Å². The van der Waals surface area contributed by atoms with Gasteiger partial charge in [0.05, 0.1) is 16.0 Å². The van der Waals surface area contributed by atoms with E-state index in [2.05, 4.69) is 15.9 Å². The molecule has 0 unspecified atom stereocenters. The van der Waals surface area contributed by atoms with E-state index in [1.165, 1.54) is 0 Å². The van der Waals surface area contributed by atoms with E-state index < -0.39 is 29.0 Å². The Balaban J connectivity index is 1.37. The first-order valence-electron chi connectivity index (χ1n) is 11.9. The van der Waals surface area contributed by atoms with Gasteiger partial charge in [0.15, 0.2) is 12.3 Å². The Labute approximate surface area is 228 Å². The van der Waals surface area contributed by atoms with Gasteiger partial charge in [-0.05, 0) is 46.5 Å². The summed E-state index contributed by atoms with van der Waals surface area (Å²) in [7, 11) is 0. The Bertz CT molecular complexity index is 1360. The second-order valence-corrected chi connectivity index (χ2v) is 9.66. The summed E-state index contributed by atoms with van der Waals surface area (Å²) in [5.74, 6) is -1.34. The number of carbonyl (C=O) groups excluding carboxylic acids is 2. The number of benzene rings is 4. The smallest absolute Gasteiger partial charge is 0.338 e. The summed E-state index contributed by atoms with van der Waals surface area (Å²) in [5, 5.41) is 7.33. The molecule has 0 radical (unpaired) electrons. The SMILES string of the molecule is N=C[C@@H](F)[C@H](OC(=O)c1ccc(-c2ccccc2)cc1)[C@@H](Br)COC(=O)c1ccc(-c2ccccc2)cc1. The first-order chi connectivity index (χ1) is 18.5. The molecule has 0 saturated heterocycles. The van der Waals surface area contributed by atoms with Crippen LogP contribution in [0.1, 0.15) is 20.7 Å². The summed E-state index contributed by atoms with van der Waals surface area (Å²) in [5.41, 5.74) is 4.46. The highest BCUT2D eigenvalue weighted by Gasteiger charge is 2.32. The third kappa shape index (κ3) is 6.81. The largest absolute Gasteiger partial charge is 0.461 e. The van der Waals surface area contributed by atoms with Crippen molar-refractivity contribution in [3.05, 3.63) is 120 Å². The van der Waals surface area contributed by atoms with Gasteiger partial charge in [0.25, 0.3) is 0 Å². The molecule has 0 aliphatic heterocycles. The van der Waals surface area contributed by atoms with Crippen LogP contribution in [0.25, 0.3) is 22.3 Å². The lowest BCUT2D eigenvalue weighted by Gasteiger charge is -2.24. The van der Waals surface area contributed by atoms with Crippen LogP contribution in [0.4, 0.5) is 4.39 Å². The van der Waals surface area contributed by atoms with Crippen molar-refractivity contribution in [1.82, 2.24) is 0 Å². The van der Waals surface area contributed by atoms with Gasteiger partial charge in [0.2, 0.25) is 0 Å². The number of esters is 2. The zero-order chi connectivity index (χ0) is 26.9. The molecule has 0 aliphatic rings. The summed E-state index contributed by atoms with van der Waals surface area (Å²) in [6.07, 6.45) is -2.72. The molecule has 4 aromatic carbocycles. The van der Waals surface area contributed by atoms with Crippen LogP contribution >= 0.6 is 15.9 Å². The number of carbonyl (C=O) groups is 2. The topological polar surface area (TPSA) is 76.4 Å². The van der Waals surface area contributed by atoms with Crippen molar-refractivity contribution in [3.63, 3.8) is 0 Å². The van der Waals surface area contributed by atoms with E-state index in [1.54, 1.807) is 36.4 Å². The van der Waals surface area contributed by atoms with Crippen molar-refractivity contribution in [2.24, 2.45) is 0 Å². The van der Waals surface area contributed by atoms with Crippen molar-refractivity contribution >= 4 is 34.1 Å². The van der Waals surface area contributed by atoms with Gasteiger partial charge in [-0.15, -0.1) is 0 Å². The van der Waals surface area contributed by atoms with Gasteiger partial charge in [0.1, 0.15) is 6.61 Å². The summed E-state index contributed by atoms with van der Waals surface area (Å²) >= 11 is 3.27. The van der Waals surface area contributed by atoms with Crippen LogP contribution in [0.2, 0.25) is 0 Å². The molecule has 4 aromatic rings. The monoisotopic (exact) mass is 573 g/mol. The van der Waals surface area contributed by atoms with E-state index in [9.17, 15) is 14.0 Å². The summed E-state index contributed by atoms with van der Waals surface area (Å²) in [4.78, 5) is 24.4. The predicted octanol–water partition coefficient (Wildman–Crippen LogP) is 7.15. The van der Waals surface area contributed by atoms with Crippen molar-refractivity contribution in [2.75, 3.05) is 6.61 Å². The number of halogens is 2. The molecule has 4 rings (SSSR count). The highest BCUT2D eigenvalue weighted by atomic mass is 79.9. The molecule has 7 heteroatoms. The molecule has 0 saturated carbocycles. The minimum atomic E-state index is -1.89. The highest BCUT2D eigenvalue weighted by molar-refractivity contribution is 9.09. The standard InChI is InChI=1S/C31H25BrFNO4/c32-27(20-37-30(35)25-15-11-23(12-16-25)21-7-3-1-4-8-21)29(28(33)19-34)38-31(36)26-17-13-24(14-18-26)22-9-5-2-6-10-22/h1-19,27-29,34H,20H2/t27-,28+,29+/m0/s1. The minimum absolute atomic E-state index is 0.238. The second kappa shape index (κ2) is 12.9. The molecule has 192 valence electrons. The molecule has 0 aliphatic carbocycles. The average Bonchev–Trinajstić information content (AvgIpc) is 2.99. The maximum atomic E-state index is 14.6. The first kappa shape index (κ1) is 26.9. The minimum Gasteiger partial charge on any atom is -0.461 e. The number of rotatable bonds is 10. The maximum Gasteiger partial charge on any atom is 0.338 e. The Kier molecular flexibility index (Phi) is 9.16. The molecule has 0 heterocycles. The normalized spacial score (nSPS) is 13.1. The molecule has 5 nitrogen and oxygen atoms in total. The van der Waals surface area contributed by atoms with Crippen molar-refractivity contribution in [3.8, 4) is 22.3 Å². The molecule has 1 N–H and O–H groups in total. The fourth-order valence-corrected chi connectivity index (χ4v) is 4.35. The van der Waals surface area contributed by atoms with Gasteiger partial charge >= 0.3 is 11.9 Å². The zero-order valence-corrected chi connectivity index (χ0v) is 21.9. The van der Waals surface area contributed by atoms with Crippen molar-refractivity contribution in [1.29, 1.82) is 5.41 Å². The van der Waals surface area contributed by atoms with E-state index in [1.807, 2.05) is 72.8 Å². The fourth-order valence-electron chi connectivity index (χ4n) is 3.82. The second-order valence-electron chi connectivity index (χ2n) is 8.48. The molecule has 0 bridgehead atoms. The molecule has 0 amide bonds. The Morgan fingerprint density at radius 2 is 1.13 bits per heavy atom. The van der Waals surface area contributed by atoms with E-state index >= 15 is 0 Å². The van der Waals surface area contributed by atoms with Crippen LogP contribution < -0.4 is 0 Å². The molecular weight excluding hydrogens is 549 g/mol. The first-order valence-corrected chi connectivity index (χ1v) is 12.9. The number of hydrogen-bond acceptors (Lipinski definition) is 5. The van der Waals surface area contributed by atoms with Crippen LogP contribution in [0.15, 0.2) is 109 Å². The number of nitrogens with one attached hydrogen (secondary N) is 1. The van der Waals surface area contributed by atoms with Gasteiger partial charge in [0, 0.05) is 6.21 Å². The van der Waals surface area contributed by atoms with Gasteiger partial charge in [-0.2, -0.15) is 0 Å². The van der Waals surface area contributed by atoms with E-state index in [4.69, 9.17) is 14.9 Å². The van der Waals surface area contributed by atoms with Crippen LogP contribution in [0, 0.1) is 5.41 Å². The predicted molar refractivity (Wildman–Crippen MR) is 150 cm³/mol. The lowest BCUT2D eigenvalue weighted by Crippen LogP contribution is -2.39. The van der Waals surface area contributed by atoms with Crippen molar-refractivity contribution in [2.45, 2.75) is 17.1 Å². The quantitative estimate of drug-likeness (QED) is 0.124. The Hall–Kier alpha value is -4.10. The van der Waals surface area contributed by atoms with E-state index in [-0.39, 0.29) is 12.2 Å². The third-order valence-electron chi connectivity index (χ3n) is 5.90. The zero-order valence-electron chi connectivity index (χ0n) is 20.3. The van der Waals surface area contributed by atoms with Crippen LogP contribution in [-0.4, -0.2) is 41.9 Å². The van der Waals surface area contributed by atoms with Gasteiger partial charge in [-0.25, -0.2) is 14.0 Å². The number of ether oxygens (including phenoxy) is 2. The van der Waals surface area contributed by atoms with Gasteiger partial charge < -0.3 is 14.9 Å². The molecule has 3 atom stereocenters. The van der Waals surface area contributed by atoms with Gasteiger partial charge in [-0.3, -0.25) is 0 Å². The Morgan fingerprint density at radius 1 is 0.711 bits per heavy atom. The maximum absolute atomic E-state index is 14.6. The van der Waals surface area contributed by atoms with Crippen molar-refractivity contribution < 1.29 is 23.5 Å². The molecule has 0 fully saturated rings. The lowest BCUT2D eigenvalue weighted by molar-refractivity contribution is 0.00882. The summed E-state index contributed by atoms with van der Waals surface area (Å²) in [6, 6.07) is 33.1. The number of hydrogen-bond donors (Lipinski definition) is 1. The third-order valence-corrected chi connectivity index (χ3v) is 6.69. The summed E-state index contributed by atoms with van der Waals surface area (Å²) in [6.45, 7) is -0.265. The lowest BCUT2D eigenvalue weighted by atomic mass is 10.0. The molecule has 38 heavy (non-hydrogen) atoms. The molecule has 0 spiro atoms. The van der Waals surface area contributed by atoms with E-state index in [0.717, 1.165) is 22.3 Å². The highest BCUT2D eigenvalue weighted by Crippen LogP contribution is 2.23. The average molecular weight is 574 g/mol. The summed E-state index contributed by atoms with van der Waals surface area (Å²) < 4.78 is 25.3. The van der Waals surface area contributed by atoms with Crippen LogP contribution in [0.5, 0.6) is 0 Å². The van der Waals surface area contributed by atoms with Crippen LogP contribution in [-0.2, 0) is 9.47 Å². The number of alkyl halides is 2.